The van der Waals surface area contributed by atoms with Gasteiger partial charge in [-0.15, -0.1) is 0 Å². The molecule has 0 aromatic heterocycles. The average molecular weight is 324 g/mol. The Morgan fingerprint density at radius 3 is 2.96 bits per heavy atom. The molecule has 0 aliphatic carbocycles. The first-order valence-electron chi connectivity index (χ1n) is 8.09. The number of likely N-dealkylation sites (tertiary alicyclic amines) is 1. The van der Waals surface area contributed by atoms with Crippen LogP contribution in [0.5, 0.6) is 5.75 Å². The van der Waals surface area contributed by atoms with Crippen LogP contribution in [-0.2, 0) is 4.79 Å². The Kier molecular flexibility index (Phi) is 6.36. The molecule has 0 unspecified atom stereocenters. The maximum absolute atomic E-state index is 13.4. The fraction of sp³-hybridized carbons (Fsp3) is 0.588. The van der Waals surface area contributed by atoms with E-state index in [0.717, 1.165) is 25.9 Å². The Labute approximate surface area is 136 Å². The predicted octanol–water partition coefficient (Wildman–Crippen LogP) is 1.69. The highest BCUT2D eigenvalue weighted by atomic mass is 19.1. The lowest BCUT2D eigenvalue weighted by atomic mass is 9.88. The Hall–Kier alpha value is -1.66. The van der Waals surface area contributed by atoms with Gasteiger partial charge < -0.3 is 20.5 Å². The topological polar surface area (TPSA) is 75.8 Å². The van der Waals surface area contributed by atoms with E-state index in [1.54, 1.807) is 18.2 Å². The van der Waals surface area contributed by atoms with Crippen molar-refractivity contribution < 1.29 is 19.0 Å². The summed E-state index contributed by atoms with van der Waals surface area (Å²) < 4.78 is 18.9. The minimum absolute atomic E-state index is 0.209. The molecule has 1 aromatic rings. The number of ether oxygens (including phenoxy) is 1. The molecule has 1 atom stereocenters. The predicted molar refractivity (Wildman–Crippen MR) is 85.6 cm³/mol. The summed E-state index contributed by atoms with van der Waals surface area (Å²) in [7, 11) is 0. The lowest BCUT2D eigenvalue weighted by molar-refractivity contribution is -0.120. The van der Waals surface area contributed by atoms with Crippen molar-refractivity contribution in [3.8, 4) is 5.75 Å². The number of halogens is 1. The van der Waals surface area contributed by atoms with Crippen LogP contribution >= 0.6 is 0 Å². The number of aliphatic hydroxyl groups is 1. The van der Waals surface area contributed by atoms with Gasteiger partial charge >= 0.3 is 0 Å². The van der Waals surface area contributed by atoms with Crippen LogP contribution in [0.25, 0.3) is 0 Å². The number of β-amino-alcohol motifs (C(OH)–C–C–N with tert-alkyl or cyclic N) is 1. The SMILES string of the molecule is NC(=O)CC[C@@]1(O)CCCN(CCCOc2ccccc2F)C1. The smallest absolute Gasteiger partial charge is 0.217 e. The molecule has 5 nitrogen and oxygen atoms in total. The van der Waals surface area contributed by atoms with Gasteiger partial charge in [-0.2, -0.15) is 0 Å². The highest BCUT2D eigenvalue weighted by molar-refractivity contribution is 5.73. The van der Waals surface area contributed by atoms with Gasteiger partial charge in [0.05, 0.1) is 12.2 Å². The number of primary amides is 1. The summed E-state index contributed by atoms with van der Waals surface area (Å²) in [6.07, 6.45) is 2.96. The van der Waals surface area contributed by atoms with Crippen LogP contribution in [0.15, 0.2) is 24.3 Å². The van der Waals surface area contributed by atoms with Gasteiger partial charge in [0.25, 0.3) is 0 Å². The highest BCUT2D eigenvalue weighted by Crippen LogP contribution is 2.25. The number of piperidine rings is 1. The molecule has 23 heavy (non-hydrogen) atoms. The molecule has 1 aliphatic heterocycles. The van der Waals surface area contributed by atoms with Crippen molar-refractivity contribution in [3.05, 3.63) is 30.1 Å². The van der Waals surface area contributed by atoms with E-state index in [0.29, 0.717) is 26.0 Å². The molecule has 1 saturated heterocycles. The van der Waals surface area contributed by atoms with Crippen LogP contribution in [0.3, 0.4) is 0 Å². The van der Waals surface area contributed by atoms with Crippen LogP contribution in [0.4, 0.5) is 4.39 Å². The number of para-hydroxylation sites is 1. The van der Waals surface area contributed by atoms with Crippen LogP contribution in [-0.4, -0.2) is 47.8 Å². The van der Waals surface area contributed by atoms with E-state index >= 15 is 0 Å². The van der Waals surface area contributed by atoms with Gasteiger partial charge in [0, 0.05) is 19.5 Å². The van der Waals surface area contributed by atoms with E-state index < -0.39 is 5.60 Å². The summed E-state index contributed by atoms with van der Waals surface area (Å²) >= 11 is 0. The molecule has 1 fully saturated rings. The summed E-state index contributed by atoms with van der Waals surface area (Å²) in [5, 5.41) is 10.5. The van der Waals surface area contributed by atoms with Crippen LogP contribution in [0.1, 0.15) is 32.1 Å². The molecule has 2 rings (SSSR count). The second-order valence-electron chi connectivity index (χ2n) is 6.20. The van der Waals surface area contributed by atoms with Gasteiger partial charge in [-0.05, 0) is 44.4 Å². The third-order valence-electron chi connectivity index (χ3n) is 4.18. The second kappa shape index (κ2) is 8.26. The molecule has 1 amide bonds. The van der Waals surface area contributed by atoms with Gasteiger partial charge in [0.2, 0.25) is 5.91 Å². The Bertz CT molecular complexity index is 526. The van der Waals surface area contributed by atoms with Crippen LogP contribution in [0.2, 0.25) is 0 Å². The number of carbonyl (C=O) groups excluding carboxylic acids is 1. The molecular weight excluding hydrogens is 299 g/mol. The van der Waals surface area contributed by atoms with Crippen molar-refractivity contribution in [2.45, 2.75) is 37.7 Å². The van der Waals surface area contributed by atoms with Crippen molar-refractivity contribution in [2.24, 2.45) is 5.73 Å². The van der Waals surface area contributed by atoms with E-state index in [-0.39, 0.29) is 23.9 Å². The highest BCUT2D eigenvalue weighted by Gasteiger charge is 2.32. The largest absolute Gasteiger partial charge is 0.490 e. The molecule has 1 aliphatic rings. The number of rotatable bonds is 8. The summed E-state index contributed by atoms with van der Waals surface area (Å²) in [4.78, 5) is 13.1. The molecule has 3 N–H and O–H groups in total. The molecular formula is C17H25FN2O3. The normalized spacial score (nSPS) is 22.0. The van der Waals surface area contributed by atoms with Crippen molar-refractivity contribution in [2.75, 3.05) is 26.2 Å². The minimum atomic E-state index is -0.834. The van der Waals surface area contributed by atoms with Crippen molar-refractivity contribution in [1.82, 2.24) is 4.90 Å². The van der Waals surface area contributed by atoms with E-state index in [1.165, 1.54) is 6.07 Å². The number of carbonyl (C=O) groups is 1. The van der Waals surface area contributed by atoms with Crippen LogP contribution in [0, 0.1) is 5.82 Å². The molecule has 6 heteroatoms. The zero-order valence-electron chi connectivity index (χ0n) is 13.3. The number of nitrogens with zero attached hydrogens (tertiary/aromatic N) is 1. The van der Waals surface area contributed by atoms with Gasteiger partial charge in [-0.25, -0.2) is 4.39 Å². The van der Waals surface area contributed by atoms with Crippen molar-refractivity contribution in [1.29, 1.82) is 0 Å². The van der Waals surface area contributed by atoms with E-state index in [9.17, 15) is 14.3 Å². The van der Waals surface area contributed by atoms with Crippen molar-refractivity contribution in [3.63, 3.8) is 0 Å². The Morgan fingerprint density at radius 1 is 1.43 bits per heavy atom. The molecule has 1 aromatic carbocycles. The van der Waals surface area contributed by atoms with Gasteiger partial charge in [0.1, 0.15) is 0 Å². The van der Waals surface area contributed by atoms with Crippen molar-refractivity contribution >= 4 is 5.91 Å². The van der Waals surface area contributed by atoms with E-state index in [1.807, 2.05) is 0 Å². The lowest BCUT2D eigenvalue weighted by Crippen LogP contribution is -2.48. The number of hydrogen-bond acceptors (Lipinski definition) is 4. The van der Waals surface area contributed by atoms with Gasteiger partial charge in [0.15, 0.2) is 11.6 Å². The number of benzene rings is 1. The molecule has 0 saturated carbocycles. The first-order valence-corrected chi connectivity index (χ1v) is 8.09. The fourth-order valence-electron chi connectivity index (χ4n) is 2.99. The molecule has 128 valence electrons. The molecule has 0 bridgehead atoms. The van der Waals surface area contributed by atoms with E-state index in [4.69, 9.17) is 10.5 Å². The Morgan fingerprint density at radius 2 is 2.22 bits per heavy atom. The van der Waals surface area contributed by atoms with Gasteiger partial charge in [-0.1, -0.05) is 12.1 Å². The quantitative estimate of drug-likeness (QED) is 0.714. The summed E-state index contributed by atoms with van der Waals surface area (Å²) in [5.74, 6) is -0.468. The summed E-state index contributed by atoms with van der Waals surface area (Å²) in [6, 6.07) is 6.35. The zero-order valence-corrected chi connectivity index (χ0v) is 13.3. The summed E-state index contributed by atoms with van der Waals surface area (Å²) in [6.45, 7) is 2.66. The third kappa shape index (κ3) is 5.80. The monoisotopic (exact) mass is 324 g/mol. The maximum Gasteiger partial charge on any atom is 0.217 e. The van der Waals surface area contributed by atoms with Crippen LogP contribution < -0.4 is 10.5 Å². The standard InChI is InChI=1S/C17H25FN2O3/c18-14-5-1-2-6-15(14)23-12-4-11-20-10-3-8-17(22,13-20)9-7-16(19)21/h1-2,5-6,22H,3-4,7-13H2,(H2,19,21)/t17-/m0/s1. The minimum Gasteiger partial charge on any atom is -0.490 e. The Balaban J connectivity index is 1.71. The molecule has 0 spiro atoms. The average Bonchev–Trinajstić information content (AvgIpc) is 2.51. The fourth-order valence-corrected chi connectivity index (χ4v) is 2.99. The third-order valence-corrected chi connectivity index (χ3v) is 4.18. The number of amides is 1. The number of hydrogen-bond donors (Lipinski definition) is 2. The molecule has 0 radical (unpaired) electrons. The maximum atomic E-state index is 13.4. The summed E-state index contributed by atoms with van der Waals surface area (Å²) in [5.41, 5.74) is 4.32. The first-order chi connectivity index (χ1) is 11.0. The zero-order chi connectivity index (χ0) is 16.7. The lowest BCUT2D eigenvalue weighted by Gasteiger charge is -2.39. The second-order valence-corrected chi connectivity index (χ2v) is 6.20. The number of nitrogens with two attached hydrogens (primary N) is 1. The van der Waals surface area contributed by atoms with Gasteiger partial charge in [-0.3, -0.25) is 4.79 Å². The van der Waals surface area contributed by atoms with E-state index in [2.05, 4.69) is 4.90 Å². The molecule has 1 heterocycles. The first kappa shape index (κ1) is 17.7.